The van der Waals surface area contributed by atoms with Crippen LogP contribution in [0.15, 0.2) is 35.1 Å². The Kier molecular flexibility index (Phi) is 5.50. The first-order valence-corrected chi connectivity index (χ1v) is 11.3. The molecule has 2 heterocycles. The zero-order valence-electron chi connectivity index (χ0n) is 17.8. The predicted octanol–water partition coefficient (Wildman–Crippen LogP) is 3.48. The summed E-state index contributed by atoms with van der Waals surface area (Å²) in [6.45, 7) is 7.80. The van der Waals surface area contributed by atoms with E-state index in [1.807, 2.05) is 13.8 Å². The fourth-order valence-electron chi connectivity index (χ4n) is 5.76. The van der Waals surface area contributed by atoms with Gasteiger partial charge in [0.05, 0.1) is 11.3 Å². The van der Waals surface area contributed by atoms with Crippen molar-refractivity contribution in [1.29, 1.82) is 0 Å². The monoisotopic (exact) mass is 396 g/mol. The maximum Gasteiger partial charge on any atom is 0.261 e. The Morgan fingerprint density at radius 2 is 1.86 bits per heavy atom. The minimum Gasteiger partial charge on any atom is -0.339 e. The Morgan fingerprint density at radius 1 is 1.14 bits per heavy atom. The molecule has 4 aliphatic rings. The lowest BCUT2D eigenvalue weighted by atomic mass is 9.63. The molecule has 1 fully saturated rings. The number of ketones is 1. The van der Waals surface area contributed by atoms with Gasteiger partial charge >= 0.3 is 0 Å². The van der Waals surface area contributed by atoms with E-state index in [-0.39, 0.29) is 29.4 Å². The normalized spacial score (nSPS) is 30.9. The van der Waals surface area contributed by atoms with Crippen LogP contribution in [0.2, 0.25) is 0 Å². The van der Waals surface area contributed by atoms with Gasteiger partial charge < -0.3 is 9.80 Å². The first-order valence-electron chi connectivity index (χ1n) is 11.3. The molecule has 4 unspecified atom stereocenters. The minimum atomic E-state index is -0.207. The van der Waals surface area contributed by atoms with Crippen molar-refractivity contribution >= 4 is 17.6 Å². The van der Waals surface area contributed by atoms with Crippen LogP contribution in [0.4, 0.5) is 0 Å². The van der Waals surface area contributed by atoms with Gasteiger partial charge in [-0.25, -0.2) is 0 Å². The summed E-state index contributed by atoms with van der Waals surface area (Å²) >= 11 is 0. The highest BCUT2D eigenvalue weighted by atomic mass is 16.2. The van der Waals surface area contributed by atoms with Crippen molar-refractivity contribution < 1.29 is 14.4 Å². The van der Waals surface area contributed by atoms with E-state index in [0.29, 0.717) is 54.7 Å². The molecule has 2 aliphatic carbocycles. The van der Waals surface area contributed by atoms with Crippen molar-refractivity contribution in [3.05, 3.63) is 35.1 Å². The summed E-state index contributed by atoms with van der Waals surface area (Å²) in [5.41, 5.74) is 1.63. The van der Waals surface area contributed by atoms with Crippen molar-refractivity contribution in [1.82, 2.24) is 9.80 Å². The minimum absolute atomic E-state index is 0.00781. The van der Waals surface area contributed by atoms with E-state index in [1.54, 1.807) is 15.9 Å². The highest BCUT2D eigenvalue weighted by molar-refractivity contribution is 6.23. The van der Waals surface area contributed by atoms with Gasteiger partial charge in [0.15, 0.2) is 5.78 Å². The lowest BCUT2D eigenvalue weighted by Crippen LogP contribution is -2.40. The molecule has 0 aromatic heterocycles. The van der Waals surface area contributed by atoms with E-state index in [2.05, 4.69) is 19.1 Å². The summed E-state index contributed by atoms with van der Waals surface area (Å²) in [4.78, 5) is 42.9. The van der Waals surface area contributed by atoms with Crippen LogP contribution in [0.25, 0.3) is 0 Å². The summed E-state index contributed by atoms with van der Waals surface area (Å²) in [6.07, 6.45) is 11.4. The molecule has 1 saturated carbocycles. The Morgan fingerprint density at radius 3 is 2.59 bits per heavy atom. The zero-order chi connectivity index (χ0) is 20.7. The molecular weight excluding hydrogens is 364 g/mol. The molecule has 4 atom stereocenters. The van der Waals surface area contributed by atoms with Crippen LogP contribution in [0.5, 0.6) is 0 Å². The van der Waals surface area contributed by atoms with Gasteiger partial charge in [0.25, 0.3) is 11.8 Å². The number of fused-ring (bicyclic) bond motifs is 2. The van der Waals surface area contributed by atoms with E-state index in [9.17, 15) is 14.4 Å². The Bertz CT molecular complexity index is 818. The van der Waals surface area contributed by atoms with E-state index in [4.69, 9.17) is 0 Å². The van der Waals surface area contributed by atoms with Gasteiger partial charge in [-0.05, 0) is 56.9 Å². The maximum atomic E-state index is 13.6. The second-order valence-electron chi connectivity index (χ2n) is 8.85. The molecule has 0 spiro atoms. The average molecular weight is 397 g/mol. The number of hydrogen-bond acceptors (Lipinski definition) is 3. The SMILES string of the molecule is CCN(CC)C(=O)C1=C2C=C(C(=O)C3C(C)C=CC4CCCCC43)C(=O)N2CC1. The highest BCUT2D eigenvalue weighted by Gasteiger charge is 2.46. The lowest BCUT2D eigenvalue weighted by molar-refractivity contribution is -0.130. The van der Waals surface area contributed by atoms with Crippen LogP contribution >= 0.6 is 0 Å². The summed E-state index contributed by atoms with van der Waals surface area (Å²) < 4.78 is 0. The second kappa shape index (κ2) is 7.92. The van der Waals surface area contributed by atoms with E-state index in [0.717, 1.165) is 19.3 Å². The van der Waals surface area contributed by atoms with E-state index in [1.165, 1.54) is 6.42 Å². The third kappa shape index (κ3) is 3.28. The number of hydrogen-bond donors (Lipinski definition) is 0. The average Bonchev–Trinajstić information content (AvgIpc) is 3.28. The van der Waals surface area contributed by atoms with Crippen molar-refractivity contribution in [3.63, 3.8) is 0 Å². The van der Waals surface area contributed by atoms with E-state index < -0.39 is 0 Å². The Labute approximate surface area is 173 Å². The van der Waals surface area contributed by atoms with Gasteiger partial charge in [0.2, 0.25) is 0 Å². The molecular formula is C24H32N2O3. The van der Waals surface area contributed by atoms with Gasteiger partial charge in [-0.3, -0.25) is 14.4 Å². The Balaban J connectivity index is 1.65. The molecule has 0 saturated heterocycles. The van der Waals surface area contributed by atoms with E-state index >= 15 is 0 Å². The molecule has 0 bridgehead atoms. The van der Waals surface area contributed by atoms with Crippen LogP contribution in [0, 0.1) is 23.7 Å². The largest absolute Gasteiger partial charge is 0.339 e. The van der Waals surface area contributed by atoms with Gasteiger partial charge in [-0.2, -0.15) is 0 Å². The molecule has 0 radical (unpaired) electrons. The van der Waals surface area contributed by atoms with Gasteiger partial charge in [0.1, 0.15) is 0 Å². The molecule has 0 aromatic carbocycles. The fraction of sp³-hybridized carbons (Fsp3) is 0.625. The van der Waals surface area contributed by atoms with Crippen molar-refractivity contribution in [2.24, 2.45) is 23.7 Å². The number of likely N-dealkylation sites (N-methyl/N-ethyl adjacent to an activating group) is 1. The smallest absolute Gasteiger partial charge is 0.261 e. The highest BCUT2D eigenvalue weighted by Crippen LogP contribution is 2.45. The number of rotatable bonds is 5. The molecule has 5 heteroatoms. The van der Waals surface area contributed by atoms with Gasteiger partial charge in [-0.1, -0.05) is 31.9 Å². The fourth-order valence-corrected chi connectivity index (χ4v) is 5.76. The van der Waals surface area contributed by atoms with Crippen LogP contribution in [0.3, 0.4) is 0 Å². The second-order valence-corrected chi connectivity index (χ2v) is 8.85. The quantitative estimate of drug-likeness (QED) is 0.528. The van der Waals surface area contributed by atoms with Crippen LogP contribution < -0.4 is 0 Å². The lowest BCUT2D eigenvalue weighted by Gasteiger charge is -2.40. The number of Topliss-reactive ketones (excluding diaryl/α,β-unsaturated/α-hetero) is 1. The van der Waals surface area contributed by atoms with Crippen LogP contribution in [-0.4, -0.2) is 47.0 Å². The summed E-state index contributed by atoms with van der Waals surface area (Å²) in [5.74, 6) is 0.601. The predicted molar refractivity (Wildman–Crippen MR) is 112 cm³/mol. The third-order valence-electron chi connectivity index (χ3n) is 7.38. The first-order chi connectivity index (χ1) is 14.0. The van der Waals surface area contributed by atoms with Crippen LogP contribution in [-0.2, 0) is 14.4 Å². The number of amides is 2. The summed E-state index contributed by atoms with van der Waals surface area (Å²) in [5, 5.41) is 0. The molecule has 0 N–H and O–H groups in total. The number of allylic oxidation sites excluding steroid dienone is 3. The molecule has 4 rings (SSSR count). The topological polar surface area (TPSA) is 57.7 Å². The van der Waals surface area contributed by atoms with Crippen molar-refractivity contribution in [3.8, 4) is 0 Å². The maximum absolute atomic E-state index is 13.6. The van der Waals surface area contributed by atoms with Crippen molar-refractivity contribution in [2.45, 2.75) is 52.9 Å². The summed E-state index contributed by atoms with van der Waals surface area (Å²) in [7, 11) is 0. The number of carbonyl (C=O) groups is 3. The molecule has 29 heavy (non-hydrogen) atoms. The molecule has 2 amide bonds. The number of carbonyl (C=O) groups excluding carboxylic acids is 3. The van der Waals surface area contributed by atoms with Gasteiger partial charge in [-0.15, -0.1) is 0 Å². The zero-order valence-corrected chi connectivity index (χ0v) is 17.8. The first kappa shape index (κ1) is 20.1. The Hall–Kier alpha value is -2.17. The molecule has 0 aromatic rings. The van der Waals surface area contributed by atoms with Crippen molar-refractivity contribution in [2.75, 3.05) is 19.6 Å². The number of nitrogens with zero attached hydrogens (tertiary/aromatic N) is 2. The molecule has 156 valence electrons. The third-order valence-corrected chi connectivity index (χ3v) is 7.38. The molecule has 2 aliphatic heterocycles. The van der Waals surface area contributed by atoms with Crippen LogP contribution in [0.1, 0.15) is 52.9 Å². The standard InChI is InChI=1S/C24H32N2O3/c1-4-25(5-2)23(28)18-12-13-26-20(18)14-19(24(26)29)22(27)21-15(3)10-11-16-8-6-7-9-17(16)21/h10-11,14-17,21H,4-9,12-13H2,1-3H3. The summed E-state index contributed by atoms with van der Waals surface area (Å²) in [6, 6.07) is 0. The molecule has 5 nitrogen and oxygen atoms in total. The van der Waals surface area contributed by atoms with Gasteiger partial charge in [0, 0.05) is 31.1 Å².